The third kappa shape index (κ3) is 5.99. The van der Waals surface area contributed by atoms with Gasteiger partial charge in [-0.2, -0.15) is 0 Å². The fourth-order valence-corrected chi connectivity index (χ4v) is 3.28. The maximum absolute atomic E-state index is 13.7. The van der Waals surface area contributed by atoms with Crippen molar-refractivity contribution in [2.24, 2.45) is 0 Å². The lowest BCUT2D eigenvalue weighted by Crippen LogP contribution is -2.32. The van der Waals surface area contributed by atoms with Crippen molar-refractivity contribution in [1.82, 2.24) is 5.32 Å². The van der Waals surface area contributed by atoms with Crippen LogP contribution in [0.15, 0.2) is 53.0 Å². The van der Waals surface area contributed by atoms with Gasteiger partial charge in [-0.15, -0.1) is 11.8 Å². The number of hydrogen-bond donors (Lipinski definition) is 1. The van der Waals surface area contributed by atoms with E-state index < -0.39 is 0 Å². The number of hydrogen-bond acceptors (Lipinski definition) is 2. The highest BCUT2D eigenvalue weighted by atomic mass is 79.9. The van der Waals surface area contributed by atoms with E-state index in [0.29, 0.717) is 17.9 Å². The molecule has 1 amide bonds. The highest BCUT2D eigenvalue weighted by Gasteiger charge is 2.14. The molecule has 2 aromatic carbocycles. The molecule has 0 aliphatic rings. The van der Waals surface area contributed by atoms with Crippen molar-refractivity contribution < 1.29 is 9.18 Å². The summed E-state index contributed by atoms with van der Waals surface area (Å²) in [6.45, 7) is 2.46. The predicted molar refractivity (Wildman–Crippen MR) is 98.0 cm³/mol. The second kappa shape index (κ2) is 9.08. The monoisotopic (exact) mass is 395 g/mol. The first-order chi connectivity index (χ1) is 11.1. The molecule has 0 aliphatic carbocycles. The van der Waals surface area contributed by atoms with Gasteiger partial charge in [0.15, 0.2) is 0 Å². The molecule has 0 saturated carbocycles. The zero-order valence-electron chi connectivity index (χ0n) is 12.9. The average molecular weight is 396 g/mol. The molecule has 1 atom stereocenters. The summed E-state index contributed by atoms with van der Waals surface area (Å²) in [5, 5.41) is 2.72. The molecule has 2 rings (SSSR count). The van der Waals surface area contributed by atoms with Crippen LogP contribution in [0, 0.1) is 5.82 Å². The maximum atomic E-state index is 13.7. The van der Waals surface area contributed by atoms with Gasteiger partial charge >= 0.3 is 0 Å². The van der Waals surface area contributed by atoms with Gasteiger partial charge in [-0.3, -0.25) is 4.79 Å². The van der Waals surface area contributed by atoms with Crippen molar-refractivity contribution in [2.45, 2.75) is 24.3 Å². The summed E-state index contributed by atoms with van der Waals surface area (Å²) in [5.74, 6) is 0.221. The third-order valence-corrected chi connectivity index (χ3v) is 5.11. The van der Waals surface area contributed by atoms with Gasteiger partial charge in [0.1, 0.15) is 5.82 Å². The van der Waals surface area contributed by atoms with E-state index in [1.807, 2.05) is 43.3 Å². The summed E-state index contributed by atoms with van der Waals surface area (Å²) in [7, 11) is 0. The quantitative estimate of drug-likeness (QED) is 0.743. The van der Waals surface area contributed by atoms with Crippen LogP contribution in [0.3, 0.4) is 0 Å². The van der Waals surface area contributed by atoms with Crippen LogP contribution in [-0.2, 0) is 17.0 Å². The summed E-state index contributed by atoms with van der Waals surface area (Å²) in [6, 6.07) is 15.0. The van der Waals surface area contributed by atoms with Gasteiger partial charge in [-0.1, -0.05) is 52.3 Å². The largest absolute Gasteiger partial charge is 0.355 e. The van der Waals surface area contributed by atoms with E-state index in [1.54, 1.807) is 6.07 Å². The zero-order chi connectivity index (χ0) is 16.7. The number of benzene rings is 2. The van der Waals surface area contributed by atoms with Crippen molar-refractivity contribution in [3.8, 4) is 0 Å². The Morgan fingerprint density at radius 3 is 2.70 bits per heavy atom. The molecule has 0 heterocycles. The first-order valence-corrected chi connectivity index (χ1v) is 9.27. The molecule has 0 saturated heterocycles. The highest BCUT2D eigenvalue weighted by molar-refractivity contribution is 9.10. The van der Waals surface area contributed by atoms with E-state index in [2.05, 4.69) is 21.2 Å². The Kier molecular flexibility index (Phi) is 7.12. The van der Waals surface area contributed by atoms with Crippen LogP contribution in [0.5, 0.6) is 0 Å². The molecule has 0 bridgehead atoms. The molecule has 0 unspecified atom stereocenters. The number of rotatable bonds is 7. The molecule has 0 aromatic heterocycles. The molecule has 2 nitrogen and oxygen atoms in total. The van der Waals surface area contributed by atoms with Crippen LogP contribution in [0.1, 0.15) is 18.1 Å². The maximum Gasteiger partial charge on any atom is 0.232 e. The van der Waals surface area contributed by atoms with Crippen LogP contribution in [0.25, 0.3) is 0 Å². The van der Waals surface area contributed by atoms with Crippen molar-refractivity contribution in [1.29, 1.82) is 0 Å². The second-order valence-electron chi connectivity index (χ2n) is 5.22. The Morgan fingerprint density at radius 2 is 2.00 bits per heavy atom. The molecule has 2 aromatic rings. The van der Waals surface area contributed by atoms with Crippen LogP contribution in [0.4, 0.5) is 4.39 Å². The molecule has 1 N–H and O–H groups in total. The molecule has 122 valence electrons. The topological polar surface area (TPSA) is 29.1 Å². The van der Waals surface area contributed by atoms with Crippen LogP contribution in [0.2, 0.25) is 0 Å². The molecule has 5 heteroatoms. The Balaban J connectivity index is 1.74. The normalized spacial score (nSPS) is 12.0. The minimum absolute atomic E-state index is 0.0107. The molecule has 0 fully saturated rings. The summed E-state index contributed by atoms with van der Waals surface area (Å²) in [5.41, 5.74) is 1.81. The predicted octanol–water partition coefficient (Wildman–Crippen LogP) is 4.57. The number of thioether (sulfide) groups is 1. The lowest BCUT2D eigenvalue weighted by Gasteiger charge is -2.12. The van der Waals surface area contributed by atoms with E-state index in [1.165, 1.54) is 23.4 Å². The van der Waals surface area contributed by atoms with E-state index in [9.17, 15) is 9.18 Å². The van der Waals surface area contributed by atoms with Crippen molar-refractivity contribution in [2.75, 3.05) is 6.54 Å². The van der Waals surface area contributed by atoms with Gasteiger partial charge in [0.25, 0.3) is 0 Å². The molecular formula is C18H19BrFNOS. The van der Waals surface area contributed by atoms with E-state index in [4.69, 9.17) is 0 Å². The van der Waals surface area contributed by atoms with E-state index in [0.717, 1.165) is 10.9 Å². The number of amides is 1. The molecule has 0 spiro atoms. The van der Waals surface area contributed by atoms with Gasteiger partial charge in [0.05, 0.1) is 5.25 Å². The lowest BCUT2D eigenvalue weighted by molar-refractivity contribution is -0.120. The first-order valence-electron chi connectivity index (χ1n) is 7.43. The molecular weight excluding hydrogens is 377 g/mol. The van der Waals surface area contributed by atoms with Gasteiger partial charge in [-0.25, -0.2) is 4.39 Å². The SMILES string of the molecule is C[C@H](SCc1ccc(Br)cc1F)C(=O)NCCc1ccccc1. The Bertz CT molecular complexity index is 651. The molecule has 23 heavy (non-hydrogen) atoms. The van der Waals surface area contributed by atoms with Crippen molar-refractivity contribution >= 4 is 33.6 Å². The number of nitrogens with one attached hydrogen (secondary N) is 1. The van der Waals surface area contributed by atoms with Crippen LogP contribution in [-0.4, -0.2) is 17.7 Å². The standard InChI is InChI=1S/C18H19BrFNOS/c1-13(23-12-15-7-8-16(19)11-17(15)20)18(22)21-10-9-14-5-3-2-4-6-14/h2-8,11,13H,9-10,12H2,1H3,(H,21,22)/t13-/m0/s1. The fraction of sp³-hybridized carbons (Fsp3) is 0.278. The van der Waals surface area contributed by atoms with E-state index >= 15 is 0 Å². The van der Waals surface area contributed by atoms with Gasteiger partial charge in [0, 0.05) is 16.8 Å². The lowest BCUT2D eigenvalue weighted by atomic mass is 10.1. The van der Waals surface area contributed by atoms with Gasteiger partial charge in [-0.05, 0) is 36.6 Å². The Morgan fingerprint density at radius 1 is 1.26 bits per heavy atom. The summed E-state index contributed by atoms with van der Waals surface area (Å²) in [4.78, 5) is 12.1. The number of carbonyl (C=O) groups is 1. The highest BCUT2D eigenvalue weighted by Crippen LogP contribution is 2.22. The van der Waals surface area contributed by atoms with Crippen LogP contribution >= 0.6 is 27.7 Å². The minimum Gasteiger partial charge on any atom is -0.355 e. The summed E-state index contributed by atoms with van der Waals surface area (Å²) < 4.78 is 14.5. The van der Waals surface area contributed by atoms with E-state index in [-0.39, 0.29) is 17.0 Å². The summed E-state index contributed by atoms with van der Waals surface area (Å²) in [6.07, 6.45) is 0.811. The second-order valence-corrected chi connectivity index (χ2v) is 7.46. The molecule has 0 aliphatic heterocycles. The van der Waals surface area contributed by atoms with Crippen molar-refractivity contribution in [3.63, 3.8) is 0 Å². The fourth-order valence-electron chi connectivity index (χ4n) is 2.05. The smallest absolute Gasteiger partial charge is 0.232 e. The first kappa shape index (κ1) is 18.0. The average Bonchev–Trinajstić information content (AvgIpc) is 2.54. The number of halogens is 2. The Hall–Kier alpha value is -1.33. The summed E-state index contributed by atoms with van der Waals surface area (Å²) >= 11 is 4.67. The minimum atomic E-state index is -0.247. The number of carbonyl (C=O) groups excluding carboxylic acids is 1. The van der Waals surface area contributed by atoms with Gasteiger partial charge < -0.3 is 5.32 Å². The molecule has 0 radical (unpaired) electrons. The van der Waals surface area contributed by atoms with Crippen LogP contribution < -0.4 is 5.32 Å². The van der Waals surface area contributed by atoms with Crippen molar-refractivity contribution in [3.05, 3.63) is 69.9 Å². The Labute approximate surface area is 149 Å². The van der Waals surface area contributed by atoms with Gasteiger partial charge in [0.2, 0.25) is 5.91 Å². The third-order valence-electron chi connectivity index (χ3n) is 3.43. The zero-order valence-corrected chi connectivity index (χ0v) is 15.3.